The Morgan fingerprint density at radius 3 is 2.57 bits per heavy atom. The zero-order valence-electron chi connectivity index (χ0n) is 16.0. The number of ether oxygens (including phenoxy) is 1. The summed E-state index contributed by atoms with van der Waals surface area (Å²) < 4.78 is 20.7. The van der Waals surface area contributed by atoms with Gasteiger partial charge in [0, 0.05) is 50.5 Å². The van der Waals surface area contributed by atoms with Gasteiger partial charge >= 0.3 is 0 Å². The predicted molar refractivity (Wildman–Crippen MR) is 105 cm³/mol. The fourth-order valence-electron chi connectivity index (χ4n) is 4.27. The Morgan fingerprint density at radius 1 is 1.14 bits per heavy atom. The summed E-state index contributed by atoms with van der Waals surface area (Å²) in [5, 5.41) is 0. The van der Waals surface area contributed by atoms with Gasteiger partial charge in [-0.25, -0.2) is 4.39 Å². The average molecular weight is 383 g/mol. The molecule has 0 N–H and O–H groups in total. The van der Waals surface area contributed by atoms with Crippen LogP contribution in [-0.2, 0) is 4.74 Å². The molecule has 2 aromatic heterocycles. The third-order valence-corrected chi connectivity index (χ3v) is 5.93. The summed E-state index contributed by atoms with van der Waals surface area (Å²) in [6, 6.07) is 7.25. The Bertz CT molecular complexity index is 800. The molecule has 0 bridgehead atoms. The highest BCUT2D eigenvalue weighted by atomic mass is 19.1. The van der Waals surface area contributed by atoms with Crippen molar-refractivity contribution in [2.45, 2.75) is 37.8 Å². The van der Waals surface area contributed by atoms with E-state index in [2.05, 4.69) is 9.97 Å². The van der Waals surface area contributed by atoms with Crippen LogP contribution in [0.5, 0.6) is 0 Å². The second-order valence-electron chi connectivity index (χ2n) is 7.84. The van der Waals surface area contributed by atoms with Crippen LogP contribution in [0.3, 0.4) is 0 Å². The number of halogens is 1. The largest absolute Gasteiger partial charge is 0.381 e. The lowest BCUT2D eigenvalue weighted by Crippen LogP contribution is -2.45. The van der Waals surface area contributed by atoms with Crippen LogP contribution in [0.15, 0.2) is 42.9 Å². The highest BCUT2D eigenvalue weighted by Gasteiger charge is 2.38. The summed E-state index contributed by atoms with van der Waals surface area (Å²) in [7, 11) is 0. The number of hydrogen-bond acceptors (Lipinski definition) is 4. The predicted octanol–water partition coefficient (Wildman–Crippen LogP) is 3.90. The number of amides is 1. The number of carbonyl (C=O) groups is 1. The molecule has 0 aromatic carbocycles. The second-order valence-corrected chi connectivity index (χ2v) is 7.84. The van der Waals surface area contributed by atoms with E-state index >= 15 is 4.39 Å². The van der Waals surface area contributed by atoms with Crippen molar-refractivity contribution in [2.24, 2.45) is 5.92 Å². The summed E-state index contributed by atoms with van der Waals surface area (Å²) in [5.74, 6) is 0.325. The van der Waals surface area contributed by atoms with Crippen molar-refractivity contribution in [2.75, 3.05) is 26.3 Å². The number of likely N-dealkylation sites (tertiary alicyclic amines) is 1. The summed E-state index contributed by atoms with van der Waals surface area (Å²) >= 11 is 0. The lowest BCUT2D eigenvalue weighted by Gasteiger charge is -2.39. The third-order valence-electron chi connectivity index (χ3n) is 5.93. The van der Waals surface area contributed by atoms with Gasteiger partial charge in [0.25, 0.3) is 5.91 Å². The quantitative estimate of drug-likeness (QED) is 0.803. The summed E-state index contributed by atoms with van der Waals surface area (Å²) in [6.45, 7) is 2.38. The van der Waals surface area contributed by atoms with E-state index < -0.39 is 5.67 Å². The molecule has 28 heavy (non-hydrogen) atoms. The Kier molecular flexibility index (Phi) is 5.67. The smallest absolute Gasteiger partial charge is 0.256 e. The Balaban J connectivity index is 1.43. The number of hydrogen-bond donors (Lipinski definition) is 0. The topological polar surface area (TPSA) is 55.3 Å². The molecule has 2 aliphatic rings. The molecular formula is C22H26FN3O2. The van der Waals surface area contributed by atoms with Gasteiger partial charge in [-0.05, 0) is 62.3 Å². The van der Waals surface area contributed by atoms with Crippen LogP contribution in [0.1, 0.15) is 42.5 Å². The summed E-state index contributed by atoms with van der Waals surface area (Å²) in [6.07, 6.45) is 8.34. The SMILES string of the molecule is O=C(c1cccnc1-c1ccncc1)N1CCC(F)(CC2CCOCC2)CC1. The molecule has 5 nitrogen and oxygen atoms in total. The molecule has 4 heterocycles. The van der Waals surface area contributed by atoms with E-state index in [9.17, 15) is 4.79 Å². The highest BCUT2D eigenvalue weighted by molar-refractivity contribution is 5.99. The van der Waals surface area contributed by atoms with Crippen molar-refractivity contribution in [3.05, 3.63) is 48.4 Å². The van der Waals surface area contributed by atoms with Crippen LogP contribution < -0.4 is 0 Å². The van der Waals surface area contributed by atoms with E-state index in [0.29, 0.717) is 49.5 Å². The number of pyridine rings is 2. The van der Waals surface area contributed by atoms with Gasteiger partial charge in [0.1, 0.15) is 5.67 Å². The molecule has 2 saturated heterocycles. The van der Waals surface area contributed by atoms with Crippen LogP contribution in [0.25, 0.3) is 11.3 Å². The van der Waals surface area contributed by atoms with E-state index in [1.54, 1.807) is 35.6 Å². The number of piperidine rings is 1. The maximum atomic E-state index is 15.3. The maximum Gasteiger partial charge on any atom is 0.256 e. The van der Waals surface area contributed by atoms with E-state index in [1.165, 1.54) is 0 Å². The zero-order valence-corrected chi connectivity index (χ0v) is 16.0. The molecule has 2 aromatic rings. The lowest BCUT2D eigenvalue weighted by atomic mass is 9.81. The highest BCUT2D eigenvalue weighted by Crippen LogP contribution is 2.36. The standard InChI is InChI=1S/C22H26FN3O2/c23-22(16-17-5-14-28-15-6-17)7-12-26(13-8-22)21(27)19-2-1-9-25-20(19)18-3-10-24-11-4-18/h1-4,9-11,17H,5-8,12-16H2. The molecule has 0 unspecified atom stereocenters. The van der Waals surface area contributed by atoms with E-state index in [-0.39, 0.29) is 5.91 Å². The first-order valence-electron chi connectivity index (χ1n) is 10.1. The number of aromatic nitrogens is 2. The first kappa shape index (κ1) is 19.0. The van der Waals surface area contributed by atoms with E-state index in [4.69, 9.17) is 4.74 Å². The van der Waals surface area contributed by atoms with Gasteiger partial charge in [-0.2, -0.15) is 0 Å². The molecule has 2 aliphatic heterocycles. The molecule has 6 heteroatoms. The molecule has 2 fully saturated rings. The molecule has 0 radical (unpaired) electrons. The van der Waals surface area contributed by atoms with E-state index in [1.807, 2.05) is 12.1 Å². The minimum absolute atomic E-state index is 0.0759. The maximum absolute atomic E-state index is 15.3. The second kappa shape index (κ2) is 8.35. The number of rotatable bonds is 4. The molecule has 0 spiro atoms. The number of carbonyl (C=O) groups excluding carboxylic acids is 1. The molecule has 0 atom stereocenters. The Labute approximate surface area is 164 Å². The number of nitrogens with zero attached hydrogens (tertiary/aromatic N) is 3. The summed E-state index contributed by atoms with van der Waals surface area (Å²) in [5.41, 5.74) is 0.899. The minimum atomic E-state index is -1.17. The molecule has 1 amide bonds. The molecule has 0 saturated carbocycles. The van der Waals surface area contributed by atoms with Crippen molar-refractivity contribution in [1.82, 2.24) is 14.9 Å². The van der Waals surface area contributed by atoms with Gasteiger partial charge in [-0.15, -0.1) is 0 Å². The van der Waals surface area contributed by atoms with Crippen LogP contribution in [-0.4, -0.2) is 52.7 Å². The summed E-state index contributed by atoms with van der Waals surface area (Å²) in [4.78, 5) is 23.3. The van der Waals surface area contributed by atoms with Crippen molar-refractivity contribution in [1.29, 1.82) is 0 Å². The van der Waals surface area contributed by atoms with Crippen LogP contribution in [0, 0.1) is 5.92 Å². The van der Waals surface area contributed by atoms with Crippen molar-refractivity contribution >= 4 is 5.91 Å². The third kappa shape index (κ3) is 4.22. The van der Waals surface area contributed by atoms with Gasteiger partial charge in [-0.1, -0.05) is 0 Å². The molecule has 4 rings (SSSR count). The fourth-order valence-corrected chi connectivity index (χ4v) is 4.27. The van der Waals surface area contributed by atoms with Gasteiger partial charge in [-0.3, -0.25) is 14.8 Å². The van der Waals surface area contributed by atoms with Gasteiger partial charge < -0.3 is 9.64 Å². The van der Waals surface area contributed by atoms with Crippen molar-refractivity contribution in [3.8, 4) is 11.3 Å². The van der Waals surface area contributed by atoms with Crippen molar-refractivity contribution < 1.29 is 13.9 Å². The minimum Gasteiger partial charge on any atom is -0.381 e. The van der Waals surface area contributed by atoms with Crippen molar-refractivity contribution in [3.63, 3.8) is 0 Å². The van der Waals surface area contributed by atoms with Crippen LogP contribution in [0.4, 0.5) is 4.39 Å². The fraction of sp³-hybridized carbons (Fsp3) is 0.500. The molecule has 148 valence electrons. The zero-order chi connectivity index (χ0) is 19.4. The van der Waals surface area contributed by atoms with Gasteiger partial charge in [0.15, 0.2) is 0 Å². The Hall–Kier alpha value is -2.34. The number of alkyl halides is 1. The monoisotopic (exact) mass is 383 g/mol. The average Bonchev–Trinajstić information content (AvgIpc) is 2.75. The van der Waals surface area contributed by atoms with Crippen LogP contribution in [0.2, 0.25) is 0 Å². The van der Waals surface area contributed by atoms with Crippen LogP contribution >= 0.6 is 0 Å². The van der Waals surface area contributed by atoms with Gasteiger partial charge in [0.05, 0.1) is 11.3 Å². The first-order valence-corrected chi connectivity index (χ1v) is 10.1. The normalized spacial score (nSPS) is 20.1. The molecule has 0 aliphatic carbocycles. The lowest BCUT2D eigenvalue weighted by molar-refractivity contribution is 0.00647. The molecular weight excluding hydrogens is 357 g/mol. The van der Waals surface area contributed by atoms with E-state index in [0.717, 1.165) is 31.6 Å². The first-order chi connectivity index (χ1) is 13.6. The Morgan fingerprint density at radius 2 is 1.86 bits per heavy atom. The van der Waals surface area contributed by atoms with Gasteiger partial charge in [0.2, 0.25) is 0 Å².